The maximum Gasteiger partial charge on any atom is 0.260 e. The van der Waals surface area contributed by atoms with Gasteiger partial charge in [0.1, 0.15) is 6.17 Å². The number of carbonyl (C=O) groups is 3. The molecule has 0 saturated heterocycles. The lowest BCUT2D eigenvalue weighted by molar-refractivity contribution is -0.116. The summed E-state index contributed by atoms with van der Waals surface area (Å²) in [6.45, 7) is 0.187. The van der Waals surface area contributed by atoms with E-state index < -0.39 is 6.17 Å². The number of rotatable bonds is 4. The molecule has 7 heteroatoms. The molecule has 1 unspecified atom stereocenters. The van der Waals surface area contributed by atoms with E-state index in [2.05, 4.69) is 10.3 Å². The first-order valence-corrected chi connectivity index (χ1v) is 10.8. The van der Waals surface area contributed by atoms with E-state index in [0.29, 0.717) is 22.5 Å². The maximum atomic E-state index is 13.4. The van der Waals surface area contributed by atoms with Crippen LogP contribution in [0, 0.1) is 0 Å². The number of fused-ring (bicyclic) bond motifs is 6. The number of para-hydroxylation sites is 1. The van der Waals surface area contributed by atoms with Crippen molar-refractivity contribution >= 4 is 40.0 Å². The molecule has 0 bridgehead atoms. The van der Waals surface area contributed by atoms with Gasteiger partial charge in [-0.05, 0) is 41.8 Å². The van der Waals surface area contributed by atoms with E-state index in [-0.39, 0.29) is 30.7 Å². The fourth-order valence-electron chi connectivity index (χ4n) is 4.77. The molecule has 6 rings (SSSR count). The van der Waals surface area contributed by atoms with Gasteiger partial charge in [-0.25, -0.2) is 0 Å². The molecule has 1 atom stereocenters. The molecule has 33 heavy (non-hydrogen) atoms. The average molecular weight is 436 g/mol. The van der Waals surface area contributed by atoms with Gasteiger partial charge >= 0.3 is 0 Å². The highest BCUT2D eigenvalue weighted by molar-refractivity contribution is 6.16. The Morgan fingerprint density at radius 3 is 2.58 bits per heavy atom. The molecule has 1 aromatic heterocycles. The molecule has 3 heterocycles. The van der Waals surface area contributed by atoms with E-state index in [1.54, 1.807) is 34.1 Å². The molecule has 0 radical (unpaired) electrons. The fourth-order valence-corrected chi connectivity index (χ4v) is 4.77. The fraction of sp³-hybridized carbons (Fsp3) is 0.115. The van der Waals surface area contributed by atoms with Crippen LogP contribution in [0.2, 0.25) is 0 Å². The zero-order valence-corrected chi connectivity index (χ0v) is 17.6. The summed E-state index contributed by atoms with van der Waals surface area (Å²) in [5, 5.41) is 3.97. The minimum absolute atomic E-state index is 0.108. The van der Waals surface area contributed by atoms with E-state index in [9.17, 15) is 14.4 Å². The lowest BCUT2D eigenvalue weighted by Gasteiger charge is -2.40. The predicted octanol–water partition coefficient (Wildman–Crippen LogP) is 4.31. The summed E-state index contributed by atoms with van der Waals surface area (Å²) < 4.78 is 0. The van der Waals surface area contributed by atoms with Gasteiger partial charge in [-0.2, -0.15) is 0 Å². The molecule has 2 N–H and O–H groups in total. The van der Waals surface area contributed by atoms with Gasteiger partial charge in [0.2, 0.25) is 5.91 Å². The second-order valence-electron chi connectivity index (χ2n) is 8.23. The molecular weight excluding hydrogens is 416 g/mol. The van der Waals surface area contributed by atoms with Crippen LogP contribution in [0.25, 0.3) is 10.9 Å². The third kappa shape index (κ3) is 3.01. The number of nitrogens with one attached hydrogen (secondary N) is 2. The van der Waals surface area contributed by atoms with Crippen LogP contribution in [0.1, 0.15) is 38.9 Å². The highest BCUT2D eigenvalue weighted by Crippen LogP contribution is 2.45. The smallest absolute Gasteiger partial charge is 0.260 e. The summed E-state index contributed by atoms with van der Waals surface area (Å²) in [7, 11) is 0. The molecule has 0 fully saturated rings. The third-order valence-electron chi connectivity index (χ3n) is 6.30. The van der Waals surface area contributed by atoms with Crippen LogP contribution in [0.15, 0.2) is 79.0 Å². The lowest BCUT2D eigenvalue weighted by Crippen LogP contribution is -2.48. The van der Waals surface area contributed by atoms with Crippen LogP contribution in [-0.2, 0) is 4.79 Å². The molecule has 2 aliphatic rings. The SMILES string of the molecule is O=C(CCN1C(=O)c2ccccc2N2C(=O)c3ccccc3C12)Nc1ccc2cc[nH]c2c1. The Bertz CT molecular complexity index is 1440. The van der Waals surface area contributed by atoms with Crippen LogP contribution in [0.5, 0.6) is 0 Å². The normalized spacial score (nSPS) is 16.5. The van der Waals surface area contributed by atoms with E-state index in [1.807, 2.05) is 54.7 Å². The number of hydrogen-bond acceptors (Lipinski definition) is 3. The second kappa shape index (κ2) is 7.34. The maximum absolute atomic E-state index is 13.4. The second-order valence-corrected chi connectivity index (χ2v) is 8.23. The number of amides is 3. The molecule has 3 aromatic carbocycles. The molecule has 4 aromatic rings. The largest absolute Gasteiger partial charge is 0.361 e. The number of carbonyl (C=O) groups excluding carboxylic acids is 3. The van der Waals surface area contributed by atoms with Gasteiger partial charge in [-0.15, -0.1) is 0 Å². The van der Waals surface area contributed by atoms with E-state index in [0.717, 1.165) is 16.5 Å². The molecule has 0 aliphatic carbocycles. The zero-order chi connectivity index (χ0) is 22.5. The predicted molar refractivity (Wildman–Crippen MR) is 125 cm³/mol. The summed E-state index contributed by atoms with van der Waals surface area (Å²) in [6, 6.07) is 22.1. The Labute approximate surface area is 189 Å². The number of hydrogen-bond donors (Lipinski definition) is 2. The molecule has 3 amide bonds. The van der Waals surface area contributed by atoms with Crippen molar-refractivity contribution in [2.24, 2.45) is 0 Å². The molecule has 0 saturated carbocycles. The van der Waals surface area contributed by atoms with Crippen molar-refractivity contribution in [3.8, 4) is 0 Å². The first-order valence-electron chi connectivity index (χ1n) is 10.8. The topological polar surface area (TPSA) is 85.5 Å². The van der Waals surface area contributed by atoms with Crippen LogP contribution in [0.3, 0.4) is 0 Å². The first kappa shape index (κ1) is 19.3. The van der Waals surface area contributed by atoms with Crippen molar-refractivity contribution in [1.29, 1.82) is 0 Å². The monoisotopic (exact) mass is 436 g/mol. The summed E-state index contributed by atoms with van der Waals surface area (Å²) >= 11 is 0. The molecule has 0 spiro atoms. The number of aromatic nitrogens is 1. The molecular formula is C26H20N4O3. The highest BCUT2D eigenvalue weighted by atomic mass is 16.2. The van der Waals surface area contributed by atoms with Crippen molar-refractivity contribution in [2.45, 2.75) is 12.6 Å². The molecule has 162 valence electrons. The van der Waals surface area contributed by atoms with Crippen LogP contribution in [0.4, 0.5) is 11.4 Å². The highest BCUT2D eigenvalue weighted by Gasteiger charge is 2.47. The van der Waals surface area contributed by atoms with Crippen LogP contribution < -0.4 is 10.2 Å². The van der Waals surface area contributed by atoms with Crippen molar-refractivity contribution in [3.63, 3.8) is 0 Å². The van der Waals surface area contributed by atoms with E-state index in [4.69, 9.17) is 0 Å². The first-order chi connectivity index (χ1) is 16.1. The van der Waals surface area contributed by atoms with Gasteiger partial charge in [-0.1, -0.05) is 36.4 Å². The number of H-pyrrole nitrogens is 1. The van der Waals surface area contributed by atoms with Crippen LogP contribution >= 0.6 is 0 Å². The Morgan fingerprint density at radius 2 is 1.70 bits per heavy atom. The summed E-state index contributed by atoms with van der Waals surface area (Å²) in [5.41, 5.74) is 4.06. The summed E-state index contributed by atoms with van der Waals surface area (Å²) in [6.07, 6.45) is 1.40. The Kier molecular flexibility index (Phi) is 4.29. The van der Waals surface area contributed by atoms with E-state index >= 15 is 0 Å². The van der Waals surface area contributed by atoms with Crippen molar-refractivity contribution in [1.82, 2.24) is 9.88 Å². The van der Waals surface area contributed by atoms with Gasteiger partial charge in [0.15, 0.2) is 0 Å². The summed E-state index contributed by atoms with van der Waals surface area (Å²) in [5.74, 6) is -0.516. The molecule has 7 nitrogen and oxygen atoms in total. The minimum atomic E-state index is -0.556. The summed E-state index contributed by atoms with van der Waals surface area (Å²) in [4.78, 5) is 45.8. The zero-order valence-electron chi connectivity index (χ0n) is 17.6. The van der Waals surface area contributed by atoms with Crippen molar-refractivity contribution in [2.75, 3.05) is 16.8 Å². The van der Waals surface area contributed by atoms with Gasteiger partial charge in [0.25, 0.3) is 11.8 Å². The van der Waals surface area contributed by atoms with Gasteiger partial charge < -0.3 is 15.2 Å². The standard InChI is InChI=1S/C26H20N4O3/c31-23(28-17-10-9-16-11-13-27-21(16)15-17)12-14-29-24-18-5-1-2-6-19(18)26(33)30(24)22-8-4-3-7-20(22)25(29)32/h1-11,13,15,24,27H,12,14H2,(H,28,31). The minimum Gasteiger partial charge on any atom is -0.361 e. The Hall–Kier alpha value is -4.39. The lowest BCUT2D eigenvalue weighted by atomic mass is 10.0. The van der Waals surface area contributed by atoms with Gasteiger partial charge in [0, 0.05) is 41.5 Å². The van der Waals surface area contributed by atoms with Gasteiger partial charge in [0.05, 0.1) is 11.3 Å². The van der Waals surface area contributed by atoms with Crippen LogP contribution in [-0.4, -0.2) is 34.2 Å². The van der Waals surface area contributed by atoms with Gasteiger partial charge in [-0.3, -0.25) is 19.3 Å². The van der Waals surface area contributed by atoms with Crippen molar-refractivity contribution < 1.29 is 14.4 Å². The number of benzene rings is 3. The Morgan fingerprint density at radius 1 is 0.909 bits per heavy atom. The van der Waals surface area contributed by atoms with Crippen molar-refractivity contribution in [3.05, 3.63) is 95.7 Å². The number of anilines is 2. The number of aromatic amines is 1. The average Bonchev–Trinajstić information content (AvgIpc) is 3.42. The Balaban J connectivity index is 1.28. The third-order valence-corrected chi connectivity index (χ3v) is 6.30. The van der Waals surface area contributed by atoms with E-state index in [1.165, 1.54) is 0 Å². The number of nitrogens with zero attached hydrogens (tertiary/aromatic N) is 2. The quantitative estimate of drug-likeness (QED) is 0.500. The molecule has 2 aliphatic heterocycles.